The Morgan fingerprint density at radius 3 is 2.64 bits per heavy atom. The first kappa shape index (κ1) is 17.0. The van der Waals surface area contributed by atoms with Crippen LogP contribution in [0.3, 0.4) is 0 Å². The number of ketones is 1. The largest absolute Gasteiger partial charge is 0.486 e. The summed E-state index contributed by atoms with van der Waals surface area (Å²) in [4.78, 5) is 12.5. The molecule has 3 heterocycles. The van der Waals surface area contributed by atoms with E-state index in [0.29, 0.717) is 46.5 Å². The number of hydrogen-bond donors (Lipinski definition) is 0. The van der Waals surface area contributed by atoms with E-state index in [2.05, 4.69) is 0 Å². The van der Waals surface area contributed by atoms with Crippen LogP contribution in [0.5, 0.6) is 5.75 Å². The second-order valence-corrected chi connectivity index (χ2v) is 9.91. The van der Waals surface area contributed by atoms with E-state index in [1.807, 2.05) is 0 Å². The molecule has 1 aromatic carbocycles. The number of Topliss-reactive ketones (excluding diaryl/α,β-unsaturated/α-hetero) is 1. The summed E-state index contributed by atoms with van der Waals surface area (Å²) in [6, 6.07) is 8.36. The van der Waals surface area contributed by atoms with Crippen molar-refractivity contribution in [2.24, 2.45) is 0 Å². The second-order valence-electron chi connectivity index (χ2n) is 6.36. The summed E-state index contributed by atoms with van der Waals surface area (Å²) in [6.07, 6.45) is 1.24. The lowest BCUT2D eigenvalue weighted by Crippen LogP contribution is -2.52. The fraction of sp³-hybridized carbons (Fsp3) is 0.353. The van der Waals surface area contributed by atoms with E-state index in [-0.39, 0.29) is 12.2 Å². The average Bonchev–Trinajstić information content (AvgIpc) is 3.10. The highest BCUT2D eigenvalue weighted by Crippen LogP contribution is 2.41. The molecule has 0 unspecified atom stereocenters. The average molecular weight is 398 g/mol. The molecule has 0 atom stereocenters. The Morgan fingerprint density at radius 2 is 1.96 bits per heavy atom. The Balaban J connectivity index is 1.55. The minimum absolute atomic E-state index is 0.0208. The van der Waals surface area contributed by atoms with Gasteiger partial charge >= 0.3 is 0 Å². The number of rotatable bonds is 2. The van der Waals surface area contributed by atoms with Crippen molar-refractivity contribution in [1.82, 2.24) is 4.31 Å². The molecule has 5 nitrogen and oxygen atoms in total. The molecule has 2 aliphatic heterocycles. The normalized spacial score (nSPS) is 20.3. The number of carbonyl (C=O) groups is 1. The molecule has 0 saturated carbocycles. The van der Waals surface area contributed by atoms with Crippen molar-refractivity contribution < 1.29 is 17.9 Å². The van der Waals surface area contributed by atoms with Gasteiger partial charge in [-0.3, -0.25) is 4.79 Å². The number of carbonyl (C=O) groups excluding carboxylic acids is 1. The predicted octanol–water partition coefficient (Wildman–Crippen LogP) is 3.59. The Bertz CT molecular complexity index is 916. The maximum Gasteiger partial charge on any atom is 0.252 e. The van der Waals surface area contributed by atoms with Gasteiger partial charge in [0.15, 0.2) is 5.78 Å². The predicted molar refractivity (Wildman–Crippen MR) is 96.1 cm³/mol. The smallest absolute Gasteiger partial charge is 0.252 e. The molecule has 1 fully saturated rings. The second kappa shape index (κ2) is 6.09. The fourth-order valence-corrected chi connectivity index (χ4v) is 6.17. The molecule has 1 saturated heterocycles. The molecule has 0 aliphatic carbocycles. The zero-order valence-corrected chi connectivity index (χ0v) is 15.7. The Hall–Kier alpha value is -1.41. The fourth-order valence-electron chi connectivity index (χ4n) is 3.42. The first-order valence-corrected chi connectivity index (χ1v) is 10.6. The van der Waals surface area contributed by atoms with Gasteiger partial charge in [-0.2, -0.15) is 4.31 Å². The Morgan fingerprint density at radius 1 is 1.20 bits per heavy atom. The van der Waals surface area contributed by atoms with Crippen molar-refractivity contribution in [2.75, 3.05) is 13.1 Å². The molecule has 1 spiro atoms. The van der Waals surface area contributed by atoms with E-state index < -0.39 is 15.6 Å². The third kappa shape index (κ3) is 2.99. The standard InChI is InChI=1S/C17H16ClNO4S2/c18-12-3-4-13-14(20)11-17(23-15(13)10-12)5-7-19(8-6-17)25(21,22)16-2-1-9-24-16/h1-4,9-10H,5-8,11H2. The first-order chi connectivity index (χ1) is 11.9. The number of hydrogen-bond acceptors (Lipinski definition) is 5. The maximum atomic E-state index is 12.6. The lowest BCUT2D eigenvalue weighted by molar-refractivity contribution is 0.00595. The van der Waals surface area contributed by atoms with Gasteiger partial charge in [-0.15, -0.1) is 11.3 Å². The van der Waals surface area contributed by atoms with Gasteiger partial charge in [0.25, 0.3) is 10.0 Å². The van der Waals surface area contributed by atoms with Crippen LogP contribution >= 0.6 is 22.9 Å². The number of thiophene rings is 1. The number of sulfonamides is 1. The van der Waals surface area contributed by atoms with Crippen LogP contribution in [-0.4, -0.2) is 37.2 Å². The third-order valence-electron chi connectivity index (χ3n) is 4.78. The molecule has 132 valence electrons. The van der Waals surface area contributed by atoms with Crippen LogP contribution in [-0.2, 0) is 10.0 Å². The molecule has 1 aromatic heterocycles. The van der Waals surface area contributed by atoms with Crippen molar-refractivity contribution in [3.8, 4) is 5.75 Å². The van der Waals surface area contributed by atoms with Gasteiger partial charge in [0.2, 0.25) is 0 Å². The first-order valence-electron chi connectivity index (χ1n) is 7.95. The van der Waals surface area contributed by atoms with E-state index in [1.165, 1.54) is 15.6 Å². The van der Waals surface area contributed by atoms with Crippen LogP contribution in [0.4, 0.5) is 0 Å². The van der Waals surface area contributed by atoms with Crippen LogP contribution in [0.15, 0.2) is 39.9 Å². The van der Waals surface area contributed by atoms with E-state index in [9.17, 15) is 13.2 Å². The van der Waals surface area contributed by atoms with Crippen LogP contribution in [0.1, 0.15) is 29.6 Å². The Labute approximate surface area is 155 Å². The highest BCUT2D eigenvalue weighted by Gasteiger charge is 2.45. The number of fused-ring (bicyclic) bond motifs is 1. The SMILES string of the molecule is O=C1CC2(CCN(S(=O)(=O)c3cccs3)CC2)Oc2cc(Cl)ccc21. The quantitative estimate of drug-likeness (QED) is 0.776. The van der Waals surface area contributed by atoms with Crippen molar-refractivity contribution in [3.63, 3.8) is 0 Å². The van der Waals surface area contributed by atoms with Crippen LogP contribution in [0, 0.1) is 0 Å². The summed E-state index contributed by atoms with van der Waals surface area (Å²) in [5.74, 6) is 0.519. The maximum absolute atomic E-state index is 12.6. The third-order valence-corrected chi connectivity index (χ3v) is 8.28. The Kier molecular flexibility index (Phi) is 4.15. The van der Waals surface area contributed by atoms with Gasteiger partial charge in [-0.05, 0) is 29.6 Å². The summed E-state index contributed by atoms with van der Waals surface area (Å²) in [5.41, 5.74) is -0.0976. The summed E-state index contributed by atoms with van der Waals surface area (Å²) >= 11 is 7.23. The van der Waals surface area contributed by atoms with E-state index in [1.54, 1.807) is 35.7 Å². The highest BCUT2D eigenvalue weighted by molar-refractivity contribution is 7.91. The number of nitrogens with zero attached hydrogens (tertiary/aromatic N) is 1. The van der Waals surface area contributed by atoms with Gasteiger partial charge in [0, 0.05) is 31.0 Å². The zero-order chi connectivity index (χ0) is 17.7. The molecule has 4 rings (SSSR count). The van der Waals surface area contributed by atoms with Gasteiger partial charge in [-0.25, -0.2) is 8.42 Å². The monoisotopic (exact) mass is 397 g/mol. The molecule has 0 amide bonds. The van der Waals surface area contributed by atoms with Crippen molar-refractivity contribution in [1.29, 1.82) is 0 Å². The van der Waals surface area contributed by atoms with E-state index in [4.69, 9.17) is 16.3 Å². The lowest BCUT2D eigenvalue weighted by atomic mass is 9.83. The summed E-state index contributed by atoms with van der Waals surface area (Å²) in [6.45, 7) is 0.673. The van der Waals surface area contributed by atoms with Crippen molar-refractivity contribution >= 4 is 38.7 Å². The molecular formula is C17H16ClNO4S2. The van der Waals surface area contributed by atoms with Gasteiger partial charge < -0.3 is 4.74 Å². The van der Waals surface area contributed by atoms with Gasteiger partial charge in [0.1, 0.15) is 15.6 Å². The molecule has 2 aliphatic rings. The molecule has 0 N–H and O–H groups in total. The minimum atomic E-state index is -3.46. The summed E-state index contributed by atoms with van der Waals surface area (Å²) in [5, 5.41) is 2.27. The summed E-state index contributed by atoms with van der Waals surface area (Å²) in [7, 11) is -3.46. The van der Waals surface area contributed by atoms with E-state index in [0.717, 1.165) is 0 Å². The minimum Gasteiger partial charge on any atom is -0.486 e. The molecule has 2 aromatic rings. The van der Waals surface area contributed by atoms with Gasteiger partial charge in [-0.1, -0.05) is 17.7 Å². The van der Waals surface area contributed by atoms with Crippen LogP contribution in [0.25, 0.3) is 0 Å². The van der Waals surface area contributed by atoms with Crippen molar-refractivity contribution in [2.45, 2.75) is 29.1 Å². The van der Waals surface area contributed by atoms with E-state index >= 15 is 0 Å². The molecule has 0 bridgehead atoms. The topological polar surface area (TPSA) is 63.7 Å². The number of benzene rings is 1. The van der Waals surface area contributed by atoms with Crippen LogP contribution < -0.4 is 4.74 Å². The van der Waals surface area contributed by atoms with Gasteiger partial charge in [0.05, 0.1) is 12.0 Å². The lowest BCUT2D eigenvalue weighted by Gasteiger charge is -2.43. The molecule has 0 radical (unpaired) electrons. The van der Waals surface area contributed by atoms with Crippen LogP contribution in [0.2, 0.25) is 5.02 Å². The zero-order valence-electron chi connectivity index (χ0n) is 13.3. The summed E-state index contributed by atoms with van der Waals surface area (Å²) < 4.78 is 33.2. The van der Waals surface area contributed by atoms with Crippen molar-refractivity contribution in [3.05, 3.63) is 46.3 Å². The number of halogens is 1. The number of ether oxygens (including phenoxy) is 1. The molecule has 25 heavy (non-hydrogen) atoms. The molecular weight excluding hydrogens is 382 g/mol. The molecule has 8 heteroatoms. The highest BCUT2D eigenvalue weighted by atomic mass is 35.5. The number of piperidine rings is 1.